The van der Waals surface area contributed by atoms with Gasteiger partial charge in [-0.2, -0.15) is 0 Å². The van der Waals surface area contributed by atoms with Crippen LogP contribution in [0.1, 0.15) is 33.5 Å². The molecule has 0 saturated carbocycles. The molecule has 1 aromatic heterocycles. The molecule has 142 valence electrons. The largest absolute Gasteiger partial charge is 0.326 e. The topological polar surface area (TPSA) is 76.9 Å². The zero-order valence-electron chi connectivity index (χ0n) is 15.7. The first-order chi connectivity index (χ1) is 13.5. The Morgan fingerprint density at radius 2 is 2.04 bits per heavy atom. The molecule has 3 aromatic rings. The number of aryl methyl sites for hydroxylation is 3. The number of aromatic nitrogens is 3. The van der Waals surface area contributed by atoms with Crippen molar-refractivity contribution < 1.29 is 9.59 Å². The fraction of sp³-hybridized carbons (Fsp3) is 0.238. The first-order valence-corrected chi connectivity index (χ1v) is 10.1. The van der Waals surface area contributed by atoms with E-state index in [0.29, 0.717) is 23.6 Å². The van der Waals surface area contributed by atoms with Crippen LogP contribution in [0.5, 0.6) is 0 Å². The van der Waals surface area contributed by atoms with E-state index in [4.69, 9.17) is 0 Å². The van der Waals surface area contributed by atoms with Crippen LogP contribution in [-0.2, 0) is 11.2 Å². The Kier molecular flexibility index (Phi) is 5.00. The quantitative estimate of drug-likeness (QED) is 0.529. The molecule has 1 aliphatic heterocycles. The number of hydrogen-bond donors (Lipinski definition) is 1. The van der Waals surface area contributed by atoms with Gasteiger partial charge in [0.2, 0.25) is 5.91 Å². The summed E-state index contributed by atoms with van der Waals surface area (Å²) in [5.74, 6) is 0.321. The number of nitrogens with one attached hydrogen (secondary N) is 1. The highest BCUT2D eigenvalue weighted by Gasteiger charge is 2.18. The Bertz CT molecular complexity index is 1070. The molecule has 0 unspecified atom stereocenters. The van der Waals surface area contributed by atoms with Crippen LogP contribution in [0.15, 0.2) is 47.9 Å². The van der Waals surface area contributed by atoms with Crippen molar-refractivity contribution in [3.05, 3.63) is 65.0 Å². The van der Waals surface area contributed by atoms with Gasteiger partial charge in [0, 0.05) is 17.7 Å². The normalized spacial score (nSPS) is 13.1. The molecule has 1 amide bonds. The SMILES string of the molecule is Cc1ccc(-n2cnnc2SCC(=O)c2ccc3c(c2)CCC(=O)N3)c(C)c1. The van der Waals surface area contributed by atoms with Crippen molar-refractivity contribution in [1.82, 2.24) is 14.8 Å². The summed E-state index contributed by atoms with van der Waals surface area (Å²) in [6.45, 7) is 4.11. The molecule has 0 spiro atoms. The molecule has 28 heavy (non-hydrogen) atoms. The summed E-state index contributed by atoms with van der Waals surface area (Å²) in [6, 6.07) is 11.7. The molecule has 2 aromatic carbocycles. The molecule has 2 heterocycles. The number of hydrogen-bond acceptors (Lipinski definition) is 5. The lowest BCUT2D eigenvalue weighted by Crippen LogP contribution is -2.19. The van der Waals surface area contributed by atoms with Crippen LogP contribution < -0.4 is 5.32 Å². The van der Waals surface area contributed by atoms with E-state index >= 15 is 0 Å². The summed E-state index contributed by atoms with van der Waals surface area (Å²) >= 11 is 1.37. The number of benzene rings is 2. The summed E-state index contributed by atoms with van der Waals surface area (Å²) in [5, 5.41) is 11.7. The zero-order chi connectivity index (χ0) is 19.7. The van der Waals surface area contributed by atoms with Crippen LogP contribution >= 0.6 is 11.8 Å². The monoisotopic (exact) mass is 392 g/mol. The van der Waals surface area contributed by atoms with Crippen molar-refractivity contribution in [2.75, 3.05) is 11.1 Å². The molecule has 6 nitrogen and oxygen atoms in total. The van der Waals surface area contributed by atoms with Gasteiger partial charge in [0.15, 0.2) is 10.9 Å². The highest BCUT2D eigenvalue weighted by atomic mass is 32.2. The van der Waals surface area contributed by atoms with Gasteiger partial charge in [-0.25, -0.2) is 0 Å². The highest BCUT2D eigenvalue weighted by molar-refractivity contribution is 7.99. The Morgan fingerprint density at radius 3 is 2.86 bits per heavy atom. The van der Waals surface area contributed by atoms with E-state index in [-0.39, 0.29) is 17.4 Å². The lowest BCUT2D eigenvalue weighted by atomic mass is 9.99. The van der Waals surface area contributed by atoms with Crippen molar-refractivity contribution in [3.8, 4) is 5.69 Å². The van der Waals surface area contributed by atoms with Crippen LogP contribution in [0.4, 0.5) is 5.69 Å². The summed E-state index contributed by atoms with van der Waals surface area (Å²) in [4.78, 5) is 24.2. The van der Waals surface area contributed by atoms with Gasteiger partial charge in [-0.15, -0.1) is 10.2 Å². The van der Waals surface area contributed by atoms with Crippen LogP contribution in [0.3, 0.4) is 0 Å². The summed E-state index contributed by atoms with van der Waals surface area (Å²) in [6.07, 6.45) is 2.79. The first-order valence-electron chi connectivity index (χ1n) is 9.07. The summed E-state index contributed by atoms with van der Waals surface area (Å²) in [5.41, 5.74) is 5.80. The minimum absolute atomic E-state index is 0.0212. The lowest BCUT2D eigenvalue weighted by Gasteiger charge is -2.17. The maximum absolute atomic E-state index is 12.7. The van der Waals surface area contributed by atoms with Gasteiger partial charge in [-0.1, -0.05) is 29.5 Å². The highest BCUT2D eigenvalue weighted by Crippen LogP contribution is 2.26. The van der Waals surface area contributed by atoms with Crippen molar-refractivity contribution in [3.63, 3.8) is 0 Å². The van der Waals surface area contributed by atoms with Gasteiger partial charge < -0.3 is 5.32 Å². The lowest BCUT2D eigenvalue weighted by molar-refractivity contribution is -0.116. The van der Waals surface area contributed by atoms with Gasteiger partial charge in [0.1, 0.15) is 6.33 Å². The van der Waals surface area contributed by atoms with Crippen molar-refractivity contribution >= 4 is 29.1 Å². The van der Waals surface area contributed by atoms with Crippen molar-refractivity contribution in [2.45, 2.75) is 31.8 Å². The number of fused-ring (bicyclic) bond motifs is 1. The summed E-state index contributed by atoms with van der Waals surface area (Å²) in [7, 11) is 0. The maximum Gasteiger partial charge on any atom is 0.224 e. The van der Waals surface area contributed by atoms with Crippen molar-refractivity contribution in [1.29, 1.82) is 0 Å². The van der Waals surface area contributed by atoms with E-state index < -0.39 is 0 Å². The second kappa shape index (κ2) is 7.59. The third-order valence-corrected chi connectivity index (χ3v) is 5.73. The minimum Gasteiger partial charge on any atom is -0.326 e. The second-order valence-electron chi connectivity index (χ2n) is 6.91. The first kappa shape index (κ1) is 18.4. The number of carbonyl (C=O) groups excluding carboxylic acids is 2. The number of nitrogens with zero attached hydrogens (tertiary/aromatic N) is 3. The number of thioether (sulfide) groups is 1. The average Bonchev–Trinajstić information content (AvgIpc) is 3.14. The Hall–Kier alpha value is -2.93. The van der Waals surface area contributed by atoms with Crippen LogP contribution in [0.2, 0.25) is 0 Å². The fourth-order valence-electron chi connectivity index (χ4n) is 3.33. The molecule has 4 rings (SSSR count). The fourth-order valence-corrected chi connectivity index (χ4v) is 4.15. The number of amides is 1. The van der Waals surface area contributed by atoms with Gasteiger partial charge in [0.25, 0.3) is 0 Å². The maximum atomic E-state index is 12.7. The van der Waals surface area contributed by atoms with Crippen molar-refractivity contribution in [2.24, 2.45) is 0 Å². The molecule has 1 aliphatic rings. The van der Waals surface area contributed by atoms with Gasteiger partial charge in [-0.3, -0.25) is 14.2 Å². The Balaban J connectivity index is 1.49. The standard InChI is InChI=1S/C21H20N4O2S/c1-13-3-7-18(14(2)9-13)25-12-22-24-21(25)28-11-19(26)16-4-6-17-15(10-16)5-8-20(27)23-17/h3-4,6-7,9-10,12H,5,8,11H2,1-2H3,(H,23,27). The number of anilines is 1. The number of ketones is 1. The minimum atomic E-state index is 0.0212. The molecule has 0 bridgehead atoms. The number of carbonyl (C=O) groups is 2. The molecule has 0 atom stereocenters. The molecule has 0 fully saturated rings. The molecule has 0 aliphatic carbocycles. The number of Topliss-reactive ketones (excluding diaryl/α,β-unsaturated/α-hetero) is 1. The number of rotatable bonds is 5. The van der Waals surface area contributed by atoms with E-state index in [2.05, 4.69) is 28.5 Å². The molecule has 1 N–H and O–H groups in total. The van der Waals surface area contributed by atoms with Crippen LogP contribution in [0, 0.1) is 13.8 Å². The van der Waals surface area contributed by atoms with Crippen LogP contribution in [0.25, 0.3) is 5.69 Å². The molecular weight excluding hydrogens is 372 g/mol. The van der Waals surface area contributed by atoms with Gasteiger partial charge in [0.05, 0.1) is 11.4 Å². The second-order valence-corrected chi connectivity index (χ2v) is 7.85. The van der Waals surface area contributed by atoms with E-state index in [1.54, 1.807) is 12.4 Å². The smallest absolute Gasteiger partial charge is 0.224 e. The van der Waals surface area contributed by atoms with E-state index in [0.717, 1.165) is 22.5 Å². The van der Waals surface area contributed by atoms with E-state index in [1.807, 2.05) is 35.8 Å². The molecule has 0 saturated heterocycles. The third-order valence-electron chi connectivity index (χ3n) is 4.78. The molecule has 0 radical (unpaired) electrons. The van der Waals surface area contributed by atoms with Gasteiger partial charge in [-0.05, 0) is 55.7 Å². The Morgan fingerprint density at radius 1 is 1.18 bits per heavy atom. The zero-order valence-corrected chi connectivity index (χ0v) is 16.5. The molecule has 7 heteroatoms. The Labute approximate surface area is 167 Å². The van der Waals surface area contributed by atoms with E-state index in [1.165, 1.54) is 17.3 Å². The van der Waals surface area contributed by atoms with E-state index in [9.17, 15) is 9.59 Å². The van der Waals surface area contributed by atoms with Crippen LogP contribution in [-0.4, -0.2) is 32.2 Å². The predicted octanol–water partition coefficient (Wildman–Crippen LogP) is 3.74. The predicted molar refractivity (Wildman–Crippen MR) is 109 cm³/mol. The third kappa shape index (κ3) is 3.71. The average molecular weight is 392 g/mol. The molecular formula is C21H20N4O2S. The van der Waals surface area contributed by atoms with Gasteiger partial charge >= 0.3 is 0 Å². The summed E-state index contributed by atoms with van der Waals surface area (Å²) < 4.78 is 1.91.